The maximum atomic E-state index is 6.21. The molecule has 0 saturated carbocycles. The molecule has 5 nitrogen and oxygen atoms in total. The number of aromatic nitrogens is 2. The van der Waals surface area contributed by atoms with E-state index in [-0.39, 0.29) is 0 Å². The summed E-state index contributed by atoms with van der Waals surface area (Å²) < 4.78 is 0. The van der Waals surface area contributed by atoms with E-state index in [9.17, 15) is 0 Å². The quantitative estimate of drug-likeness (QED) is 0.192. The summed E-state index contributed by atoms with van der Waals surface area (Å²) in [6, 6.07) is 0. The monoisotopic (exact) mass is 419 g/mol. The molecule has 0 atom stereocenters. The Bertz CT molecular complexity index is 518. The molecule has 0 aliphatic carbocycles. The summed E-state index contributed by atoms with van der Waals surface area (Å²) >= 11 is 0. The second-order valence-corrected chi connectivity index (χ2v) is 9.12. The highest BCUT2D eigenvalue weighted by molar-refractivity contribution is 5.73. The second kappa shape index (κ2) is 18.3. The molecule has 0 aliphatic rings. The van der Waals surface area contributed by atoms with Crippen LogP contribution in [0.4, 0.5) is 17.3 Å². The minimum Gasteiger partial charge on any atom is -0.393 e. The lowest BCUT2D eigenvalue weighted by Gasteiger charge is -2.13. The molecule has 0 spiro atoms. The Morgan fingerprint density at radius 1 is 0.700 bits per heavy atom. The van der Waals surface area contributed by atoms with Crippen LogP contribution in [-0.4, -0.2) is 23.1 Å². The van der Waals surface area contributed by atoms with Crippen LogP contribution in [0, 0.1) is 5.92 Å². The van der Waals surface area contributed by atoms with E-state index in [4.69, 9.17) is 5.73 Å². The highest BCUT2D eigenvalue weighted by Gasteiger charge is 2.07. The van der Waals surface area contributed by atoms with Crippen LogP contribution in [0.3, 0.4) is 0 Å². The van der Waals surface area contributed by atoms with Gasteiger partial charge in [0, 0.05) is 13.1 Å². The van der Waals surface area contributed by atoms with E-state index in [0.29, 0.717) is 11.6 Å². The fraction of sp³-hybridized carbons (Fsp3) is 0.840. The van der Waals surface area contributed by atoms with Gasteiger partial charge in [-0.25, -0.2) is 9.97 Å². The predicted octanol–water partition coefficient (Wildman–Crippen LogP) is 7.41. The van der Waals surface area contributed by atoms with E-state index < -0.39 is 0 Å². The highest BCUT2D eigenvalue weighted by Crippen LogP contribution is 2.22. The first-order chi connectivity index (χ1) is 14.6. The van der Waals surface area contributed by atoms with E-state index in [1.807, 2.05) is 0 Å². The Morgan fingerprint density at radius 3 is 1.60 bits per heavy atom. The van der Waals surface area contributed by atoms with Crippen molar-refractivity contribution in [3.05, 3.63) is 6.33 Å². The number of unbranched alkanes of at least 4 members (excludes halogenated alkanes) is 13. The zero-order valence-corrected chi connectivity index (χ0v) is 20.1. The van der Waals surface area contributed by atoms with Gasteiger partial charge in [0.25, 0.3) is 0 Å². The number of anilines is 3. The van der Waals surface area contributed by atoms with E-state index in [2.05, 4.69) is 41.4 Å². The van der Waals surface area contributed by atoms with Crippen molar-refractivity contribution >= 4 is 17.3 Å². The number of nitrogens with zero attached hydrogens (tertiary/aromatic N) is 2. The summed E-state index contributed by atoms with van der Waals surface area (Å²) in [6.07, 6.45) is 22.0. The number of hydrogen-bond donors (Lipinski definition) is 3. The van der Waals surface area contributed by atoms with E-state index in [1.165, 1.54) is 83.5 Å². The Morgan fingerprint density at radius 2 is 1.13 bits per heavy atom. The van der Waals surface area contributed by atoms with Crippen LogP contribution in [0.1, 0.15) is 117 Å². The summed E-state index contributed by atoms with van der Waals surface area (Å²) in [4.78, 5) is 8.57. The molecule has 0 unspecified atom stereocenters. The van der Waals surface area contributed by atoms with Crippen molar-refractivity contribution in [2.75, 3.05) is 29.5 Å². The number of rotatable bonds is 20. The van der Waals surface area contributed by atoms with Crippen LogP contribution >= 0.6 is 0 Å². The van der Waals surface area contributed by atoms with Gasteiger partial charge in [0.15, 0.2) is 11.6 Å². The van der Waals surface area contributed by atoms with Crippen LogP contribution in [0.2, 0.25) is 0 Å². The first kappa shape index (κ1) is 26.5. The average Bonchev–Trinajstić information content (AvgIpc) is 2.73. The fourth-order valence-corrected chi connectivity index (χ4v) is 3.68. The zero-order valence-electron chi connectivity index (χ0n) is 20.1. The molecule has 4 N–H and O–H groups in total. The molecule has 0 fully saturated rings. The minimum atomic E-state index is 0.631. The molecule has 1 aromatic heterocycles. The number of hydrogen-bond acceptors (Lipinski definition) is 5. The first-order valence-electron chi connectivity index (χ1n) is 12.7. The standard InChI is InChI=1S/C25H49N5/c1-4-5-6-7-8-9-10-11-12-13-14-15-16-17-19-27-24-23(26)25(30-21-29-24)28-20-18-22(2)3/h21-22H,4-20,26H2,1-3H3,(H2,27,28,29,30). The van der Waals surface area contributed by atoms with Crippen molar-refractivity contribution < 1.29 is 0 Å². The van der Waals surface area contributed by atoms with Gasteiger partial charge in [0.05, 0.1) is 0 Å². The van der Waals surface area contributed by atoms with Crippen LogP contribution in [0.15, 0.2) is 6.33 Å². The average molecular weight is 420 g/mol. The normalized spacial score (nSPS) is 11.2. The Kier molecular flexibility index (Phi) is 16.1. The topological polar surface area (TPSA) is 75.9 Å². The van der Waals surface area contributed by atoms with Gasteiger partial charge in [0.2, 0.25) is 0 Å². The SMILES string of the molecule is CCCCCCCCCCCCCCCCNc1ncnc(NCCC(C)C)c1N. The maximum Gasteiger partial charge on any atom is 0.154 e. The molecule has 0 aromatic carbocycles. The summed E-state index contributed by atoms with van der Waals surface area (Å²) in [7, 11) is 0. The lowest BCUT2D eigenvalue weighted by molar-refractivity contribution is 0.537. The molecule has 1 heterocycles. The summed E-state index contributed by atoms with van der Waals surface area (Å²) in [5.41, 5.74) is 6.84. The third-order valence-corrected chi connectivity index (χ3v) is 5.72. The lowest BCUT2D eigenvalue weighted by Crippen LogP contribution is -2.12. The molecule has 174 valence electrons. The molecule has 0 radical (unpaired) electrons. The third-order valence-electron chi connectivity index (χ3n) is 5.72. The summed E-state index contributed by atoms with van der Waals surface area (Å²) in [5.74, 6) is 2.17. The molecule has 0 bridgehead atoms. The number of nitrogen functional groups attached to an aromatic ring is 1. The fourth-order valence-electron chi connectivity index (χ4n) is 3.68. The van der Waals surface area contributed by atoms with Crippen molar-refractivity contribution in [1.82, 2.24) is 9.97 Å². The Balaban J connectivity index is 1.98. The van der Waals surface area contributed by atoms with Crippen molar-refractivity contribution in [1.29, 1.82) is 0 Å². The van der Waals surface area contributed by atoms with Gasteiger partial charge in [-0.2, -0.15) is 0 Å². The van der Waals surface area contributed by atoms with Gasteiger partial charge in [-0.1, -0.05) is 104 Å². The summed E-state index contributed by atoms with van der Waals surface area (Å²) in [5, 5.41) is 6.70. The van der Waals surface area contributed by atoms with Crippen LogP contribution < -0.4 is 16.4 Å². The zero-order chi connectivity index (χ0) is 21.9. The molecule has 1 rings (SSSR count). The molecular weight excluding hydrogens is 370 g/mol. The van der Waals surface area contributed by atoms with Crippen LogP contribution in [0.5, 0.6) is 0 Å². The first-order valence-corrected chi connectivity index (χ1v) is 12.7. The summed E-state index contributed by atoms with van der Waals surface area (Å²) in [6.45, 7) is 8.53. The van der Waals surface area contributed by atoms with Crippen molar-refractivity contribution in [2.45, 2.75) is 117 Å². The second-order valence-electron chi connectivity index (χ2n) is 9.12. The van der Waals surface area contributed by atoms with Crippen LogP contribution in [0.25, 0.3) is 0 Å². The van der Waals surface area contributed by atoms with E-state index in [1.54, 1.807) is 6.33 Å². The lowest BCUT2D eigenvalue weighted by atomic mass is 10.0. The number of nitrogens with two attached hydrogens (primary N) is 1. The molecule has 30 heavy (non-hydrogen) atoms. The van der Waals surface area contributed by atoms with Gasteiger partial charge in [0.1, 0.15) is 12.0 Å². The van der Waals surface area contributed by atoms with Gasteiger partial charge in [-0.3, -0.25) is 0 Å². The highest BCUT2D eigenvalue weighted by atomic mass is 15.1. The van der Waals surface area contributed by atoms with E-state index >= 15 is 0 Å². The van der Waals surface area contributed by atoms with E-state index in [0.717, 1.165) is 37.6 Å². The molecule has 5 heteroatoms. The molecular formula is C25H49N5. The van der Waals surface area contributed by atoms with Crippen molar-refractivity contribution in [2.24, 2.45) is 5.92 Å². The molecule has 0 saturated heterocycles. The minimum absolute atomic E-state index is 0.631. The van der Waals surface area contributed by atoms with Gasteiger partial charge in [-0.05, 0) is 18.8 Å². The van der Waals surface area contributed by atoms with Gasteiger partial charge < -0.3 is 16.4 Å². The predicted molar refractivity (Wildman–Crippen MR) is 133 cm³/mol. The largest absolute Gasteiger partial charge is 0.393 e. The van der Waals surface area contributed by atoms with Gasteiger partial charge in [-0.15, -0.1) is 0 Å². The smallest absolute Gasteiger partial charge is 0.154 e. The molecule has 0 amide bonds. The molecule has 1 aromatic rings. The molecule has 0 aliphatic heterocycles. The van der Waals surface area contributed by atoms with Crippen molar-refractivity contribution in [3.63, 3.8) is 0 Å². The number of nitrogens with one attached hydrogen (secondary N) is 2. The van der Waals surface area contributed by atoms with Gasteiger partial charge >= 0.3 is 0 Å². The third kappa shape index (κ3) is 13.7. The Hall–Kier alpha value is -1.52. The maximum absolute atomic E-state index is 6.21. The Labute approximate surface area is 186 Å². The van der Waals surface area contributed by atoms with Crippen molar-refractivity contribution in [3.8, 4) is 0 Å². The van der Waals surface area contributed by atoms with Crippen LogP contribution in [-0.2, 0) is 0 Å².